The molecule has 1 aliphatic heterocycles. The van der Waals surface area contributed by atoms with E-state index in [9.17, 15) is 0 Å². The summed E-state index contributed by atoms with van der Waals surface area (Å²) in [6.07, 6.45) is 1.25. The maximum atomic E-state index is 6.53. The zero-order valence-electron chi connectivity index (χ0n) is 13.4. The first-order valence-corrected chi connectivity index (χ1v) is 9.16. The second-order valence-corrected chi connectivity index (χ2v) is 6.98. The lowest BCUT2D eigenvalue weighted by Crippen LogP contribution is -2.29. The molecule has 0 saturated heterocycles. The summed E-state index contributed by atoms with van der Waals surface area (Å²) in [5.41, 5.74) is 1.45. The van der Waals surface area contributed by atoms with Crippen molar-refractivity contribution in [3.05, 3.63) is 64.4 Å². The van der Waals surface area contributed by atoms with Gasteiger partial charge in [0.1, 0.15) is 11.9 Å². The molecule has 1 aromatic heterocycles. The van der Waals surface area contributed by atoms with Crippen LogP contribution in [0.1, 0.15) is 23.5 Å². The van der Waals surface area contributed by atoms with Crippen LogP contribution in [0.5, 0.6) is 5.75 Å². The van der Waals surface area contributed by atoms with Gasteiger partial charge in [0.2, 0.25) is 0 Å². The number of nitrogens with zero attached hydrogens (tertiary/aromatic N) is 1. The molecule has 1 unspecified atom stereocenters. The molecule has 1 aliphatic rings. The first kappa shape index (κ1) is 14.7. The molecular weight excluding hydrogens is 302 g/mol. The van der Waals surface area contributed by atoms with Gasteiger partial charge in [-0.15, -0.1) is 11.3 Å². The maximum absolute atomic E-state index is 6.53. The summed E-state index contributed by atoms with van der Waals surface area (Å²) in [5, 5.41) is 4.63. The number of hydrogen-bond donors (Lipinski definition) is 0. The third-order valence-corrected chi connectivity index (χ3v) is 5.71. The fraction of sp³-hybridized carbons (Fsp3) is 0.300. The average Bonchev–Trinajstić information content (AvgIpc) is 3.00. The van der Waals surface area contributed by atoms with Crippen molar-refractivity contribution in [2.24, 2.45) is 0 Å². The van der Waals surface area contributed by atoms with Crippen LogP contribution >= 0.6 is 11.3 Å². The quantitative estimate of drug-likeness (QED) is 0.680. The molecule has 3 aromatic rings. The van der Waals surface area contributed by atoms with Crippen LogP contribution in [0.15, 0.2) is 53.9 Å². The largest absolute Gasteiger partial charge is 0.483 e. The maximum Gasteiger partial charge on any atom is 0.146 e. The Labute approximate surface area is 141 Å². The molecule has 4 rings (SSSR count). The third kappa shape index (κ3) is 2.87. The van der Waals surface area contributed by atoms with Crippen LogP contribution in [-0.4, -0.2) is 24.5 Å². The van der Waals surface area contributed by atoms with Crippen molar-refractivity contribution in [1.82, 2.24) is 4.90 Å². The fourth-order valence-electron chi connectivity index (χ4n) is 3.35. The monoisotopic (exact) mass is 323 g/mol. The van der Waals surface area contributed by atoms with Crippen molar-refractivity contribution in [3.63, 3.8) is 0 Å². The van der Waals surface area contributed by atoms with Gasteiger partial charge in [0.05, 0.1) is 0 Å². The Balaban J connectivity index is 1.71. The van der Waals surface area contributed by atoms with E-state index in [2.05, 4.69) is 65.7 Å². The molecule has 0 fully saturated rings. The molecule has 23 heavy (non-hydrogen) atoms. The van der Waals surface area contributed by atoms with Gasteiger partial charge >= 0.3 is 0 Å². The van der Waals surface area contributed by atoms with Crippen molar-refractivity contribution in [1.29, 1.82) is 0 Å². The van der Waals surface area contributed by atoms with Crippen molar-refractivity contribution >= 4 is 22.1 Å². The summed E-state index contributed by atoms with van der Waals surface area (Å²) in [6, 6.07) is 17.0. The summed E-state index contributed by atoms with van der Waals surface area (Å²) in [7, 11) is 0. The van der Waals surface area contributed by atoms with Gasteiger partial charge < -0.3 is 4.74 Å². The molecule has 0 saturated carbocycles. The topological polar surface area (TPSA) is 12.5 Å². The molecule has 1 atom stereocenters. The molecule has 2 heterocycles. The highest BCUT2D eigenvalue weighted by Crippen LogP contribution is 2.35. The first-order chi connectivity index (χ1) is 11.3. The predicted molar refractivity (Wildman–Crippen MR) is 97.5 cm³/mol. The number of hydrogen-bond acceptors (Lipinski definition) is 3. The van der Waals surface area contributed by atoms with Crippen molar-refractivity contribution in [2.45, 2.75) is 19.4 Å². The number of rotatable bonds is 3. The predicted octanol–water partition coefficient (Wildman–Crippen LogP) is 4.90. The lowest BCUT2D eigenvalue weighted by Gasteiger charge is -2.24. The van der Waals surface area contributed by atoms with Crippen LogP contribution < -0.4 is 4.74 Å². The van der Waals surface area contributed by atoms with Gasteiger partial charge in [-0.2, -0.15) is 0 Å². The molecule has 0 bridgehead atoms. The first-order valence-electron chi connectivity index (χ1n) is 8.28. The van der Waals surface area contributed by atoms with Crippen LogP contribution in [0.2, 0.25) is 0 Å². The van der Waals surface area contributed by atoms with Gasteiger partial charge in [0.15, 0.2) is 0 Å². The molecule has 118 valence electrons. The molecule has 0 aliphatic carbocycles. The van der Waals surface area contributed by atoms with E-state index in [0.717, 1.165) is 31.8 Å². The Morgan fingerprint density at radius 1 is 1.13 bits per heavy atom. The van der Waals surface area contributed by atoms with E-state index in [4.69, 9.17) is 4.74 Å². The van der Waals surface area contributed by atoms with Gasteiger partial charge in [0.25, 0.3) is 0 Å². The van der Waals surface area contributed by atoms with Crippen molar-refractivity contribution < 1.29 is 4.74 Å². The highest BCUT2D eigenvalue weighted by atomic mass is 32.1. The Hall–Kier alpha value is -1.84. The van der Waals surface area contributed by atoms with E-state index in [1.807, 2.05) is 11.3 Å². The number of benzene rings is 2. The number of ether oxygens (including phenoxy) is 1. The summed E-state index contributed by atoms with van der Waals surface area (Å²) >= 11 is 1.83. The van der Waals surface area contributed by atoms with E-state index in [0.29, 0.717) is 0 Å². The number of likely N-dealkylation sites (N-methyl/N-ethyl adjacent to an activating group) is 1. The molecule has 0 N–H and O–H groups in total. The van der Waals surface area contributed by atoms with Gasteiger partial charge in [-0.05, 0) is 41.4 Å². The van der Waals surface area contributed by atoms with Gasteiger partial charge in [-0.1, -0.05) is 43.3 Å². The molecule has 3 heteroatoms. The van der Waals surface area contributed by atoms with E-state index >= 15 is 0 Å². The van der Waals surface area contributed by atoms with Crippen LogP contribution in [0.3, 0.4) is 0 Å². The van der Waals surface area contributed by atoms with E-state index in [1.54, 1.807) is 0 Å². The standard InChI is InChI=1S/C20H21NOS/c1-2-21-12-10-16-11-13-23-20(16)19(14-21)22-18-9-5-7-15-6-3-4-8-17(15)18/h3-9,11,13,19H,2,10,12,14H2,1H3. The second-order valence-electron chi connectivity index (χ2n) is 6.04. The summed E-state index contributed by atoms with van der Waals surface area (Å²) < 4.78 is 6.53. The summed E-state index contributed by atoms with van der Waals surface area (Å²) in [6.45, 7) is 5.39. The zero-order chi connectivity index (χ0) is 15.6. The zero-order valence-corrected chi connectivity index (χ0v) is 14.2. The Morgan fingerprint density at radius 2 is 2.00 bits per heavy atom. The van der Waals surface area contributed by atoms with Crippen LogP contribution in [0.4, 0.5) is 0 Å². The Morgan fingerprint density at radius 3 is 2.91 bits per heavy atom. The van der Waals surface area contributed by atoms with E-state index in [1.165, 1.54) is 21.2 Å². The third-order valence-electron chi connectivity index (χ3n) is 4.66. The summed E-state index contributed by atoms with van der Waals surface area (Å²) in [5.74, 6) is 0.991. The molecule has 0 amide bonds. The number of fused-ring (bicyclic) bond motifs is 2. The Bertz CT molecular complexity index is 805. The SMILES string of the molecule is CCN1CCc2ccsc2C(Oc2cccc3ccccc23)C1. The van der Waals surface area contributed by atoms with Crippen molar-refractivity contribution in [3.8, 4) is 5.75 Å². The lowest BCUT2D eigenvalue weighted by atomic mass is 10.1. The summed E-state index contributed by atoms with van der Waals surface area (Å²) in [4.78, 5) is 3.89. The molecule has 0 radical (unpaired) electrons. The van der Waals surface area contributed by atoms with E-state index in [-0.39, 0.29) is 6.10 Å². The smallest absolute Gasteiger partial charge is 0.146 e. The van der Waals surface area contributed by atoms with Gasteiger partial charge in [0, 0.05) is 23.4 Å². The highest BCUT2D eigenvalue weighted by molar-refractivity contribution is 7.10. The minimum absolute atomic E-state index is 0.123. The van der Waals surface area contributed by atoms with Crippen LogP contribution in [0, 0.1) is 0 Å². The minimum Gasteiger partial charge on any atom is -0.483 e. The normalized spacial score (nSPS) is 18.6. The molecular formula is C20H21NOS. The number of thiophene rings is 1. The van der Waals surface area contributed by atoms with E-state index < -0.39 is 0 Å². The average molecular weight is 323 g/mol. The van der Waals surface area contributed by atoms with Crippen LogP contribution in [0.25, 0.3) is 10.8 Å². The van der Waals surface area contributed by atoms with Crippen LogP contribution in [-0.2, 0) is 6.42 Å². The van der Waals surface area contributed by atoms with Gasteiger partial charge in [-0.25, -0.2) is 0 Å². The lowest BCUT2D eigenvalue weighted by molar-refractivity contribution is 0.148. The van der Waals surface area contributed by atoms with Gasteiger partial charge in [-0.3, -0.25) is 4.90 Å². The molecule has 2 aromatic carbocycles. The molecule has 0 spiro atoms. The minimum atomic E-state index is 0.123. The Kier molecular flexibility index (Phi) is 4.06. The van der Waals surface area contributed by atoms with Crippen molar-refractivity contribution in [2.75, 3.05) is 19.6 Å². The molecule has 2 nitrogen and oxygen atoms in total. The second kappa shape index (κ2) is 6.34. The fourth-order valence-corrected chi connectivity index (χ4v) is 4.33. The highest BCUT2D eigenvalue weighted by Gasteiger charge is 2.25.